The molecule has 2 aromatic carbocycles. The lowest BCUT2D eigenvalue weighted by Gasteiger charge is -2.12. The molecule has 0 aliphatic rings. The highest BCUT2D eigenvalue weighted by Gasteiger charge is 2.18. The largest absolute Gasteiger partial charge is 0.460 e. The molecule has 1 aromatic heterocycles. The number of amides is 1. The van der Waals surface area contributed by atoms with Gasteiger partial charge in [-0.15, -0.1) is 5.10 Å². The lowest BCUT2D eigenvalue weighted by atomic mass is 10.0. The van der Waals surface area contributed by atoms with Gasteiger partial charge in [-0.2, -0.15) is 0 Å². The molecule has 7 nitrogen and oxygen atoms in total. The minimum absolute atomic E-state index is 0.0110. The fourth-order valence-corrected chi connectivity index (χ4v) is 2.90. The maximum Gasteiger partial charge on any atom is 0.325 e. The van der Waals surface area contributed by atoms with E-state index in [2.05, 4.69) is 29.2 Å². The number of para-hydroxylation sites is 1. The van der Waals surface area contributed by atoms with Crippen molar-refractivity contribution in [1.82, 2.24) is 20.1 Å². The number of carbonyl (C=O) groups excluding carboxylic acids is 2. The normalized spacial score (nSPS) is 10.8. The van der Waals surface area contributed by atoms with Gasteiger partial charge in [-0.1, -0.05) is 62.4 Å². The van der Waals surface area contributed by atoms with Gasteiger partial charge in [-0.05, 0) is 30.0 Å². The summed E-state index contributed by atoms with van der Waals surface area (Å²) in [4.78, 5) is 28.5. The topological polar surface area (TPSA) is 86.1 Å². The Labute approximate surface area is 169 Å². The Hall–Kier alpha value is -3.48. The van der Waals surface area contributed by atoms with Crippen LogP contribution in [0.1, 0.15) is 47.3 Å². The number of hydrogen-bond donors (Lipinski definition) is 1. The summed E-state index contributed by atoms with van der Waals surface area (Å²) in [5, 5.41) is 6.85. The van der Waals surface area contributed by atoms with Crippen LogP contribution in [0.15, 0.2) is 54.6 Å². The lowest BCUT2D eigenvalue weighted by molar-refractivity contribution is -0.143. The summed E-state index contributed by atoms with van der Waals surface area (Å²) in [6, 6.07) is 17.2. The van der Waals surface area contributed by atoms with Gasteiger partial charge in [0.25, 0.3) is 5.91 Å². The van der Waals surface area contributed by atoms with Crippen LogP contribution in [0, 0.1) is 6.92 Å². The SMILES string of the molecule is Cc1nc(C(=O)NCC(=O)OCc2ccccc2)nn1-c1ccccc1C(C)C. The molecule has 0 fully saturated rings. The maximum absolute atomic E-state index is 12.4. The number of nitrogens with one attached hydrogen (secondary N) is 1. The molecule has 0 spiro atoms. The van der Waals surface area contributed by atoms with Crippen LogP contribution >= 0.6 is 0 Å². The van der Waals surface area contributed by atoms with Crippen molar-refractivity contribution in [2.75, 3.05) is 6.54 Å². The van der Waals surface area contributed by atoms with E-state index in [9.17, 15) is 9.59 Å². The second-order valence-electron chi connectivity index (χ2n) is 6.94. The third-order valence-corrected chi connectivity index (χ3v) is 4.39. The number of hydrogen-bond acceptors (Lipinski definition) is 5. The molecule has 0 saturated heterocycles. The zero-order valence-electron chi connectivity index (χ0n) is 16.8. The molecule has 0 saturated carbocycles. The Balaban J connectivity index is 1.62. The number of rotatable bonds is 7. The van der Waals surface area contributed by atoms with Crippen LogP contribution in [0.2, 0.25) is 0 Å². The van der Waals surface area contributed by atoms with Crippen molar-refractivity contribution in [2.45, 2.75) is 33.3 Å². The first kappa shape index (κ1) is 20.3. The third-order valence-electron chi connectivity index (χ3n) is 4.39. The molecule has 0 radical (unpaired) electrons. The minimum Gasteiger partial charge on any atom is -0.460 e. The number of benzene rings is 2. The summed E-state index contributed by atoms with van der Waals surface area (Å²) in [6.45, 7) is 5.89. The molecule has 7 heteroatoms. The van der Waals surface area contributed by atoms with E-state index < -0.39 is 11.9 Å². The maximum atomic E-state index is 12.4. The van der Waals surface area contributed by atoms with Gasteiger partial charge in [-0.3, -0.25) is 9.59 Å². The molecule has 0 aliphatic heterocycles. The average molecular weight is 392 g/mol. The van der Waals surface area contributed by atoms with Crippen LogP contribution in [-0.4, -0.2) is 33.2 Å². The first-order valence-electron chi connectivity index (χ1n) is 9.46. The van der Waals surface area contributed by atoms with Gasteiger partial charge in [0.05, 0.1) is 5.69 Å². The van der Waals surface area contributed by atoms with Crippen molar-refractivity contribution >= 4 is 11.9 Å². The van der Waals surface area contributed by atoms with Gasteiger partial charge in [-0.25, -0.2) is 9.67 Å². The number of aryl methyl sites for hydroxylation is 1. The van der Waals surface area contributed by atoms with E-state index in [0.717, 1.165) is 16.8 Å². The molecule has 0 atom stereocenters. The molecule has 0 aliphatic carbocycles. The number of nitrogens with zero attached hydrogens (tertiary/aromatic N) is 3. The van der Waals surface area contributed by atoms with Crippen LogP contribution in [-0.2, 0) is 16.1 Å². The van der Waals surface area contributed by atoms with Crippen molar-refractivity contribution in [1.29, 1.82) is 0 Å². The van der Waals surface area contributed by atoms with Crippen molar-refractivity contribution < 1.29 is 14.3 Å². The lowest BCUT2D eigenvalue weighted by Crippen LogP contribution is -2.31. The zero-order valence-corrected chi connectivity index (χ0v) is 16.8. The summed E-state index contributed by atoms with van der Waals surface area (Å²) in [7, 11) is 0. The van der Waals surface area contributed by atoms with Gasteiger partial charge in [0.2, 0.25) is 5.82 Å². The molecule has 1 heterocycles. The predicted molar refractivity (Wildman–Crippen MR) is 109 cm³/mol. The fourth-order valence-electron chi connectivity index (χ4n) is 2.90. The van der Waals surface area contributed by atoms with E-state index in [1.54, 1.807) is 11.6 Å². The molecular weight excluding hydrogens is 368 g/mol. The van der Waals surface area contributed by atoms with Gasteiger partial charge >= 0.3 is 5.97 Å². The summed E-state index contributed by atoms with van der Waals surface area (Å²) < 4.78 is 6.81. The van der Waals surface area contributed by atoms with Crippen LogP contribution in [0.25, 0.3) is 5.69 Å². The number of esters is 1. The van der Waals surface area contributed by atoms with E-state index in [1.807, 2.05) is 54.6 Å². The van der Waals surface area contributed by atoms with E-state index in [0.29, 0.717) is 11.7 Å². The standard InChI is InChI=1S/C22H24N4O3/c1-15(2)18-11-7-8-12-19(18)26-16(3)24-21(25-26)22(28)23-13-20(27)29-14-17-9-5-4-6-10-17/h4-12,15H,13-14H2,1-3H3,(H,23,28). The summed E-state index contributed by atoms with van der Waals surface area (Å²) in [6.07, 6.45) is 0. The molecule has 1 N–H and O–H groups in total. The van der Waals surface area contributed by atoms with Gasteiger partial charge in [0.15, 0.2) is 0 Å². The molecule has 0 unspecified atom stereocenters. The summed E-state index contributed by atoms with van der Waals surface area (Å²) in [5.41, 5.74) is 2.87. The first-order chi connectivity index (χ1) is 14.0. The van der Waals surface area contributed by atoms with Crippen LogP contribution < -0.4 is 5.32 Å². The average Bonchev–Trinajstić information content (AvgIpc) is 3.12. The Morgan fingerprint density at radius 3 is 2.48 bits per heavy atom. The van der Waals surface area contributed by atoms with E-state index in [1.165, 1.54) is 0 Å². The van der Waals surface area contributed by atoms with E-state index in [4.69, 9.17) is 4.74 Å². The Morgan fingerprint density at radius 2 is 1.76 bits per heavy atom. The Bertz CT molecular complexity index is 996. The second kappa shape index (κ2) is 9.14. The van der Waals surface area contributed by atoms with E-state index in [-0.39, 0.29) is 19.0 Å². The smallest absolute Gasteiger partial charge is 0.325 e. The summed E-state index contributed by atoms with van der Waals surface area (Å²) in [5.74, 6) is -0.146. The predicted octanol–water partition coefficient (Wildman–Crippen LogP) is 3.17. The molecule has 3 aromatic rings. The Kier molecular flexibility index (Phi) is 6.39. The van der Waals surface area contributed by atoms with E-state index >= 15 is 0 Å². The van der Waals surface area contributed by atoms with Crippen LogP contribution in [0.3, 0.4) is 0 Å². The second-order valence-corrected chi connectivity index (χ2v) is 6.94. The van der Waals surface area contributed by atoms with Crippen molar-refractivity contribution in [2.24, 2.45) is 0 Å². The monoisotopic (exact) mass is 392 g/mol. The summed E-state index contributed by atoms with van der Waals surface area (Å²) >= 11 is 0. The highest BCUT2D eigenvalue weighted by molar-refractivity contribution is 5.92. The number of ether oxygens (including phenoxy) is 1. The molecule has 3 rings (SSSR count). The third kappa shape index (κ3) is 5.07. The minimum atomic E-state index is -0.525. The number of aromatic nitrogens is 3. The zero-order chi connectivity index (χ0) is 20.8. The quantitative estimate of drug-likeness (QED) is 0.624. The highest BCUT2D eigenvalue weighted by Crippen LogP contribution is 2.23. The molecule has 29 heavy (non-hydrogen) atoms. The number of carbonyl (C=O) groups is 2. The highest BCUT2D eigenvalue weighted by atomic mass is 16.5. The Morgan fingerprint density at radius 1 is 1.07 bits per heavy atom. The fraction of sp³-hybridized carbons (Fsp3) is 0.273. The first-order valence-corrected chi connectivity index (χ1v) is 9.46. The van der Waals surface area contributed by atoms with Crippen molar-refractivity contribution in [3.8, 4) is 5.69 Å². The molecule has 0 bridgehead atoms. The molecular formula is C22H24N4O3. The molecule has 150 valence electrons. The van der Waals surface area contributed by atoms with Crippen molar-refractivity contribution in [3.05, 3.63) is 77.4 Å². The van der Waals surface area contributed by atoms with Gasteiger partial charge in [0.1, 0.15) is 19.0 Å². The van der Waals surface area contributed by atoms with Gasteiger partial charge < -0.3 is 10.1 Å². The molecule has 1 amide bonds. The van der Waals surface area contributed by atoms with Crippen LogP contribution in [0.5, 0.6) is 0 Å². The van der Waals surface area contributed by atoms with Gasteiger partial charge in [0, 0.05) is 0 Å². The van der Waals surface area contributed by atoms with Crippen molar-refractivity contribution in [3.63, 3.8) is 0 Å². The van der Waals surface area contributed by atoms with Crippen LogP contribution in [0.4, 0.5) is 0 Å².